The fourth-order valence-corrected chi connectivity index (χ4v) is 5.84. The van der Waals surface area contributed by atoms with Crippen molar-refractivity contribution in [3.8, 4) is 0 Å². The maximum absolute atomic E-state index is 12.7. The third-order valence-corrected chi connectivity index (χ3v) is 8.26. The van der Waals surface area contributed by atoms with E-state index in [2.05, 4.69) is 15.5 Å². The number of aliphatic hydroxyl groups excluding tert-OH is 1. The third kappa shape index (κ3) is 9.12. The van der Waals surface area contributed by atoms with Crippen LogP contribution in [0.25, 0.3) is 0 Å². The van der Waals surface area contributed by atoms with E-state index in [4.69, 9.17) is 15.2 Å². The summed E-state index contributed by atoms with van der Waals surface area (Å²) in [5, 5.41) is 15.3. The van der Waals surface area contributed by atoms with Gasteiger partial charge in [-0.25, -0.2) is 0 Å². The van der Waals surface area contributed by atoms with Crippen molar-refractivity contribution < 1.29 is 24.2 Å². The van der Waals surface area contributed by atoms with Crippen LogP contribution in [0.4, 0.5) is 17.1 Å². The summed E-state index contributed by atoms with van der Waals surface area (Å²) >= 11 is 0. The Morgan fingerprint density at radius 2 is 1.57 bits per heavy atom. The SMILES string of the molecule is Nc1ccccc1NC(=O)CCCCC(=O)Nc1cccc([C@@H]2O[C@H](CN3CCCCC3)C[C@H](c3ccc(CO)cc3)O2)c1. The molecule has 0 aromatic heterocycles. The zero-order valence-electron chi connectivity index (χ0n) is 25.3. The van der Waals surface area contributed by atoms with Crippen LogP contribution in [-0.2, 0) is 25.7 Å². The Balaban J connectivity index is 1.16. The molecule has 2 saturated heterocycles. The lowest BCUT2D eigenvalue weighted by molar-refractivity contribution is -0.253. The summed E-state index contributed by atoms with van der Waals surface area (Å²) in [7, 11) is 0. The average Bonchev–Trinajstić information content (AvgIpc) is 3.05. The molecule has 2 heterocycles. The van der Waals surface area contributed by atoms with E-state index in [0.29, 0.717) is 42.7 Å². The van der Waals surface area contributed by atoms with E-state index in [-0.39, 0.29) is 30.6 Å². The van der Waals surface area contributed by atoms with Gasteiger partial charge >= 0.3 is 0 Å². The Labute approximate surface area is 259 Å². The van der Waals surface area contributed by atoms with E-state index >= 15 is 0 Å². The molecular weight excluding hydrogens is 556 g/mol. The fourth-order valence-electron chi connectivity index (χ4n) is 5.84. The number of aliphatic hydroxyl groups is 1. The quantitative estimate of drug-likeness (QED) is 0.150. The molecule has 2 amide bonds. The van der Waals surface area contributed by atoms with Crippen LogP contribution in [0.5, 0.6) is 0 Å². The lowest BCUT2D eigenvalue weighted by Crippen LogP contribution is -2.41. The number of hydrogen-bond donors (Lipinski definition) is 4. The second-order valence-electron chi connectivity index (χ2n) is 11.7. The van der Waals surface area contributed by atoms with Gasteiger partial charge < -0.3 is 35.8 Å². The normalized spacial score (nSPS) is 20.6. The van der Waals surface area contributed by atoms with Gasteiger partial charge in [-0.1, -0.05) is 55.0 Å². The number of nitrogens with two attached hydrogens (primary N) is 1. The summed E-state index contributed by atoms with van der Waals surface area (Å²) in [6.07, 6.45) is 5.56. The molecule has 2 aliphatic rings. The molecule has 0 spiro atoms. The highest BCUT2D eigenvalue weighted by Crippen LogP contribution is 2.39. The molecule has 234 valence electrons. The molecule has 3 aromatic rings. The molecule has 0 radical (unpaired) electrons. The molecule has 2 aliphatic heterocycles. The smallest absolute Gasteiger partial charge is 0.224 e. The zero-order valence-corrected chi connectivity index (χ0v) is 25.3. The topological polar surface area (TPSA) is 126 Å². The maximum Gasteiger partial charge on any atom is 0.224 e. The van der Waals surface area contributed by atoms with Gasteiger partial charge in [0, 0.05) is 37.1 Å². The van der Waals surface area contributed by atoms with Gasteiger partial charge in [0.05, 0.1) is 30.2 Å². The van der Waals surface area contributed by atoms with Gasteiger partial charge in [-0.2, -0.15) is 0 Å². The summed E-state index contributed by atoms with van der Waals surface area (Å²) in [5.41, 5.74) is 10.5. The predicted molar refractivity (Wildman–Crippen MR) is 172 cm³/mol. The van der Waals surface area contributed by atoms with Crippen LogP contribution in [0.15, 0.2) is 72.8 Å². The highest BCUT2D eigenvalue weighted by Gasteiger charge is 2.33. The molecule has 5 rings (SSSR count). The predicted octanol–water partition coefficient (Wildman–Crippen LogP) is 5.93. The number of carbonyl (C=O) groups is 2. The molecular formula is C35H44N4O5. The van der Waals surface area contributed by atoms with Crippen LogP contribution >= 0.6 is 0 Å². The largest absolute Gasteiger partial charge is 0.397 e. The van der Waals surface area contributed by atoms with Crippen molar-refractivity contribution in [1.82, 2.24) is 4.90 Å². The molecule has 3 aromatic carbocycles. The Kier molecular flexibility index (Phi) is 11.4. The first-order chi connectivity index (χ1) is 21.5. The number of ether oxygens (including phenoxy) is 2. The number of benzene rings is 3. The van der Waals surface area contributed by atoms with Crippen molar-refractivity contribution in [2.45, 2.75) is 76.5 Å². The highest BCUT2D eigenvalue weighted by molar-refractivity contribution is 5.94. The molecule has 44 heavy (non-hydrogen) atoms. The van der Waals surface area contributed by atoms with Crippen LogP contribution < -0.4 is 16.4 Å². The number of anilines is 3. The van der Waals surface area contributed by atoms with Crippen molar-refractivity contribution in [2.24, 2.45) is 0 Å². The lowest BCUT2D eigenvalue weighted by atomic mass is 9.99. The summed E-state index contributed by atoms with van der Waals surface area (Å²) in [6.45, 7) is 3.05. The second kappa shape index (κ2) is 15.8. The number of nitrogens with one attached hydrogen (secondary N) is 2. The number of hydrogen-bond acceptors (Lipinski definition) is 7. The van der Waals surface area contributed by atoms with E-state index in [1.807, 2.05) is 60.7 Å². The Bertz CT molecular complexity index is 1380. The minimum absolute atomic E-state index is 0.00291. The van der Waals surface area contributed by atoms with Crippen molar-refractivity contribution in [2.75, 3.05) is 36.0 Å². The second-order valence-corrected chi connectivity index (χ2v) is 11.7. The van der Waals surface area contributed by atoms with Gasteiger partial charge in [-0.05, 0) is 74.2 Å². The number of nitrogen functional groups attached to an aromatic ring is 1. The van der Waals surface area contributed by atoms with Crippen LogP contribution in [0, 0.1) is 0 Å². The minimum Gasteiger partial charge on any atom is -0.397 e. The molecule has 3 atom stereocenters. The lowest BCUT2D eigenvalue weighted by Gasteiger charge is -2.39. The van der Waals surface area contributed by atoms with Crippen molar-refractivity contribution >= 4 is 28.9 Å². The number of unbranched alkanes of at least 4 members (excludes halogenated alkanes) is 1. The summed E-state index contributed by atoms with van der Waals surface area (Å²) < 4.78 is 13.0. The van der Waals surface area contributed by atoms with Crippen molar-refractivity contribution in [3.63, 3.8) is 0 Å². The van der Waals surface area contributed by atoms with E-state index < -0.39 is 6.29 Å². The van der Waals surface area contributed by atoms with E-state index in [9.17, 15) is 14.7 Å². The van der Waals surface area contributed by atoms with E-state index in [0.717, 1.165) is 42.7 Å². The first-order valence-electron chi connectivity index (χ1n) is 15.7. The van der Waals surface area contributed by atoms with Gasteiger partial charge in [-0.3, -0.25) is 9.59 Å². The number of amides is 2. The molecule has 9 heteroatoms. The molecule has 0 unspecified atom stereocenters. The van der Waals surface area contributed by atoms with Crippen LogP contribution in [0.3, 0.4) is 0 Å². The van der Waals surface area contributed by atoms with Crippen LogP contribution in [0.1, 0.15) is 80.5 Å². The summed E-state index contributed by atoms with van der Waals surface area (Å²) in [6, 6.07) is 22.7. The van der Waals surface area contributed by atoms with E-state index in [1.165, 1.54) is 19.3 Å². The van der Waals surface area contributed by atoms with Gasteiger partial charge in [0.1, 0.15) is 0 Å². The first-order valence-corrected chi connectivity index (χ1v) is 15.7. The number of rotatable bonds is 12. The van der Waals surface area contributed by atoms with E-state index in [1.54, 1.807) is 12.1 Å². The molecule has 2 fully saturated rings. The zero-order chi connectivity index (χ0) is 30.7. The summed E-state index contributed by atoms with van der Waals surface area (Å²) in [5.74, 6) is -0.227. The Hall–Kier alpha value is -3.76. The van der Waals surface area contributed by atoms with Crippen LogP contribution in [-0.4, -0.2) is 47.6 Å². The monoisotopic (exact) mass is 600 g/mol. The third-order valence-electron chi connectivity index (χ3n) is 8.26. The number of nitrogens with zero attached hydrogens (tertiary/aromatic N) is 1. The van der Waals surface area contributed by atoms with Gasteiger partial charge in [-0.15, -0.1) is 0 Å². The average molecular weight is 601 g/mol. The Morgan fingerprint density at radius 1 is 0.841 bits per heavy atom. The Morgan fingerprint density at radius 3 is 2.30 bits per heavy atom. The molecule has 5 N–H and O–H groups in total. The van der Waals surface area contributed by atoms with Crippen molar-refractivity contribution in [3.05, 3.63) is 89.5 Å². The van der Waals surface area contributed by atoms with Gasteiger partial charge in [0.2, 0.25) is 11.8 Å². The summed E-state index contributed by atoms with van der Waals surface area (Å²) in [4.78, 5) is 27.5. The molecule has 0 saturated carbocycles. The highest BCUT2D eigenvalue weighted by atomic mass is 16.7. The molecule has 0 aliphatic carbocycles. The number of piperidine rings is 1. The van der Waals surface area contributed by atoms with Crippen LogP contribution in [0.2, 0.25) is 0 Å². The van der Waals surface area contributed by atoms with Crippen molar-refractivity contribution in [1.29, 1.82) is 0 Å². The molecule has 0 bridgehead atoms. The minimum atomic E-state index is -0.574. The van der Waals surface area contributed by atoms with Gasteiger partial charge in [0.15, 0.2) is 6.29 Å². The standard InChI is InChI=1S/C35H44N4O5/c36-30-11-2-3-12-31(30)38-34(42)14-5-4-13-33(41)37-28-10-8-9-27(21-28)35-43-29(23-39-19-6-1-7-20-39)22-32(44-35)26-17-15-25(24-40)16-18-26/h2-3,8-12,15-18,21,29,32,35,40H,1,4-7,13-14,19-20,22-24,36H2,(H,37,41)(H,38,42)/t29-,32+,35+/m0/s1. The number of para-hydroxylation sites is 2. The fraction of sp³-hybridized carbons (Fsp3) is 0.429. The number of likely N-dealkylation sites (tertiary alicyclic amines) is 1. The first kappa shape index (κ1) is 31.7. The molecule has 9 nitrogen and oxygen atoms in total. The van der Waals surface area contributed by atoms with Gasteiger partial charge in [0.25, 0.3) is 0 Å². The maximum atomic E-state index is 12.7. The number of carbonyl (C=O) groups excluding carboxylic acids is 2.